The fourth-order valence-corrected chi connectivity index (χ4v) is 4.14. The van der Waals surface area contributed by atoms with Crippen LogP contribution in [0.1, 0.15) is 19.8 Å². The summed E-state index contributed by atoms with van der Waals surface area (Å²) in [6, 6.07) is 0. The van der Waals surface area contributed by atoms with Crippen LogP contribution in [-0.4, -0.2) is 11.5 Å². The lowest BCUT2D eigenvalue weighted by Crippen LogP contribution is -2.37. The van der Waals surface area contributed by atoms with Crippen LogP contribution in [0.3, 0.4) is 0 Å². The van der Waals surface area contributed by atoms with Crippen molar-refractivity contribution in [3.05, 3.63) is 12.2 Å². The predicted octanol–water partition coefficient (Wildman–Crippen LogP) is 2.33. The van der Waals surface area contributed by atoms with Gasteiger partial charge in [-0.1, -0.05) is 30.7 Å². The maximum atomic E-state index is 11.9. The molecule has 0 radical (unpaired) electrons. The molecule has 0 aromatic rings. The van der Waals surface area contributed by atoms with Gasteiger partial charge in [0.2, 0.25) is 0 Å². The first-order valence-corrected chi connectivity index (χ1v) is 5.67. The fourth-order valence-electron chi connectivity index (χ4n) is 3.65. The Hall–Kier alpha value is -0.500. The van der Waals surface area contributed by atoms with Crippen LogP contribution in [-0.2, 0) is 9.53 Å². The number of cyclic esters (lactones) is 1. The number of ether oxygens (including phenoxy) is 1. The number of carbonyl (C=O) groups excluding carboxylic acids is 1. The van der Waals surface area contributed by atoms with Crippen LogP contribution >= 0.6 is 11.6 Å². The van der Waals surface area contributed by atoms with Crippen LogP contribution < -0.4 is 0 Å². The Balaban J connectivity index is 2.12. The maximum absolute atomic E-state index is 11.9. The minimum absolute atomic E-state index is 0.0677. The molecule has 0 spiro atoms. The Bertz CT molecular complexity index is 325. The van der Waals surface area contributed by atoms with Gasteiger partial charge >= 0.3 is 5.97 Å². The number of halogens is 1. The fraction of sp³-hybridized carbons (Fsp3) is 0.727. The van der Waals surface area contributed by atoms with Crippen molar-refractivity contribution in [3.63, 3.8) is 0 Å². The van der Waals surface area contributed by atoms with E-state index in [4.69, 9.17) is 16.3 Å². The van der Waals surface area contributed by atoms with Crippen molar-refractivity contribution < 1.29 is 9.53 Å². The van der Waals surface area contributed by atoms with E-state index in [1.165, 1.54) is 0 Å². The molecule has 0 amide bonds. The molecule has 1 saturated heterocycles. The van der Waals surface area contributed by atoms with E-state index in [-0.39, 0.29) is 17.3 Å². The monoisotopic (exact) mass is 212 g/mol. The number of alkyl halides is 1. The van der Waals surface area contributed by atoms with E-state index in [0.717, 1.165) is 12.8 Å². The van der Waals surface area contributed by atoms with Gasteiger partial charge in [-0.15, -0.1) is 0 Å². The second kappa shape index (κ2) is 2.54. The molecule has 1 heterocycles. The second-order valence-corrected chi connectivity index (χ2v) is 5.00. The first kappa shape index (κ1) is 8.78. The lowest BCUT2D eigenvalue weighted by atomic mass is 9.68. The van der Waals surface area contributed by atoms with E-state index in [1.54, 1.807) is 0 Å². The zero-order valence-electron chi connectivity index (χ0n) is 8.07. The van der Waals surface area contributed by atoms with E-state index in [9.17, 15) is 4.79 Å². The largest absolute Gasteiger partial charge is 0.445 e. The number of esters is 1. The Morgan fingerprint density at radius 3 is 3.07 bits per heavy atom. The van der Waals surface area contributed by atoms with Crippen LogP contribution in [0.5, 0.6) is 0 Å². The molecule has 0 N–H and O–H groups in total. The Labute approximate surface area is 88.3 Å². The summed E-state index contributed by atoms with van der Waals surface area (Å²) < 4.78 is 5.19. The zero-order valence-corrected chi connectivity index (χ0v) is 8.83. The number of fused-ring (bicyclic) bond motifs is 5. The smallest absolute Gasteiger partial charge is 0.314 e. The molecule has 1 saturated carbocycles. The summed E-state index contributed by atoms with van der Waals surface area (Å²) in [5, 5.41) is 0. The van der Waals surface area contributed by atoms with E-state index in [1.807, 2.05) is 0 Å². The zero-order chi connectivity index (χ0) is 9.92. The normalized spacial score (nSPS) is 53.7. The molecule has 0 aromatic carbocycles. The van der Waals surface area contributed by atoms with Gasteiger partial charge in [0, 0.05) is 5.92 Å². The van der Waals surface area contributed by atoms with E-state index < -0.39 is 5.56 Å². The number of carbonyl (C=O) groups is 1. The highest BCUT2D eigenvalue weighted by Crippen LogP contribution is 2.63. The first-order valence-electron chi connectivity index (χ1n) is 5.23. The van der Waals surface area contributed by atoms with Crippen LogP contribution in [0.2, 0.25) is 0 Å². The quantitative estimate of drug-likeness (QED) is 0.379. The first-order chi connectivity index (χ1) is 6.70. The lowest BCUT2D eigenvalue weighted by molar-refractivity contribution is -0.148. The second-order valence-electron chi connectivity index (χ2n) is 4.57. The van der Waals surface area contributed by atoms with Gasteiger partial charge in [-0.25, -0.2) is 0 Å². The molecular formula is C11H13ClO2. The summed E-state index contributed by atoms with van der Waals surface area (Å²) in [5.41, 5.74) is -0.686. The molecule has 0 aromatic heterocycles. The molecule has 5 atom stereocenters. The van der Waals surface area contributed by atoms with Gasteiger partial charge in [-0.2, -0.15) is 0 Å². The van der Waals surface area contributed by atoms with Crippen molar-refractivity contribution in [2.45, 2.75) is 25.3 Å². The summed E-state index contributed by atoms with van der Waals surface area (Å²) >= 11 is 6.09. The van der Waals surface area contributed by atoms with Crippen molar-refractivity contribution in [2.24, 2.45) is 23.2 Å². The highest BCUT2D eigenvalue weighted by atomic mass is 35.5. The van der Waals surface area contributed by atoms with Gasteiger partial charge in [0.05, 0.1) is 5.41 Å². The van der Waals surface area contributed by atoms with Crippen LogP contribution in [0.25, 0.3) is 0 Å². The molecule has 2 nitrogen and oxygen atoms in total. The van der Waals surface area contributed by atoms with Gasteiger partial charge in [0.1, 0.15) is 0 Å². The molecular weight excluding hydrogens is 200 g/mol. The third kappa shape index (κ3) is 0.736. The molecule has 2 aliphatic carbocycles. The molecule has 2 bridgehead atoms. The third-order valence-electron chi connectivity index (χ3n) is 4.30. The summed E-state index contributed by atoms with van der Waals surface area (Å²) in [6.07, 6.45) is 6.34. The maximum Gasteiger partial charge on any atom is 0.314 e. The Morgan fingerprint density at radius 1 is 1.64 bits per heavy atom. The molecule has 3 aliphatic rings. The number of allylic oxidation sites excluding steroid dienone is 2. The van der Waals surface area contributed by atoms with Crippen molar-refractivity contribution in [1.29, 1.82) is 0 Å². The molecule has 1 aliphatic heterocycles. The van der Waals surface area contributed by atoms with Crippen molar-refractivity contribution in [1.82, 2.24) is 0 Å². The van der Waals surface area contributed by atoms with Gasteiger partial charge in [0.15, 0.2) is 5.56 Å². The SMILES string of the molecule is CC[C@@]12C(=O)O[C@@H](Cl)[C@H]1[C@H]1C=CC2C1. The summed E-state index contributed by atoms with van der Waals surface area (Å²) in [7, 11) is 0. The van der Waals surface area contributed by atoms with Crippen LogP contribution in [0, 0.1) is 23.2 Å². The van der Waals surface area contributed by atoms with Crippen molar-refractivity contribution in [2.75, 3.05) is 0 Å². The van der Waals surface area contributed by atoms with Crippen LogP contribution in [0.4, 0.5) is 0 Å². The summed E-state index contributed by atoms with van der Waals surface area (Å²) in [5.74, 6) is 0.992. The van der Waals surface area contributed by atoms with Gasteiger partial charge in [-0.3, -0.25) is 4.79 Å². The number of hydrogen-bond donors (Lipinski definition) is 0. The highest BCUT2D eigenvalue weighted by molar-refractivity contribution is 6.21. The van der Waals surface area contributed by atoms with Gasteiger partial charge in [0.25, 0.3) is 0 Å². The Morgan fingerprint density at radius 2 is 2.43 bits per heavy atom. The van der Waals surface area contributed by atoms with Gasteiger partial charge in [-0.05, 0) is 24.7 Å². The summed E-state index contributed by atoms with van der Waals surface area (Å²) in [6.45, 7) is 2.07. The minimum Gasteiger partial charge on any atom is -0.445 e. The predicted molar refractivity (Wildman–Crippen MR) is 52.7 cm³/mol. The topological polar surface area (TPSA) is 26.3 Å². The molecule has 1 unspecified atom stereocenters. The molecule has 3 heteroatoms. The van der Waals surface area contributed by atoms with Gasteiger partial charge < -0.3 is 4.74 Å². The van der Waals surface area contributed by atoms with Crippen LogP contribution in [0.15, 0.2) is 12.2 Å². The van der Waals surface area contributed by atoms with E-state index in [2.05, 4.69) is 19.1 Å². The van der Waals surface area contributed by atoms with Crippen molar-refractivity contribution >= 4 is 17.6 Å². The van der Waals surface area contributed by atoms with Crippen molar-refractivity contribution in [3.8, 4) is 0 Å². The summed E-state index contributed by atoms with van der Waals surface area (Å²) in [4.78, 5) is 11.9. The average molecular weight is 213 g/mol. The Kier molecular flexibility index (Phi) is 1.59. The molecule has 76 valence electrons. The number of rotatable bonds is 1. The molecule has 14 heavy (non-hydrogen) atoms. The molecule has 2 fully saturated rings. The minimum atomic E-state index is -0.401. The third-order valence-corrected chi connectivity index (χ3v) is 4.66. The molecule has 3 rings (SSSR count). The highest BCUT2D eigenvalue weighted by Gasteiger charge is 2.67. The number of hydrogen-bond acceptors (Lipinski definition) is 2. The standard InChI is InChI=1S/C11H13ClO2/c1-2-11-7-4-3-6(5-7)8(11)9(12)14-10(11)13/h3-4,6-9H,2,5H2,1H3/t6-,7?,8+,9+,11-/m0/s1. The van der Waals surface area contributed by atoms with E-state index in [0.29, 0.717) is 11.8 Å². The average Bonchev–Trinajstić information content (AvgIpc) is 2.78. The lowest BCUT2D eigenvalue weighted by Gasteiger charge is -2.31. The van der Waals surface area contributed by atoms with E-state index >= 15 is 0 Å².